The van der Waals surface area contributed by atoms with Crippen molar-refractivity contribution in [1.82, 2.24) is 9.38 Å². The van der Waals surface area contributed by atoms with Crippen molar-refractivity contribution in [2.75, 3.05) is 5.32 Å². The van der Waals surface area contributed by atoms with Gasteiger partial charge < -0.3 is 5.32 Å². The molecule has 0 unspecified atom stereocenters. The highest BCUT2D eigenvalue weighted by Crippen LogP contribution is 2.29. The van der Waals surface area contributed by atoms with Crippen molar-refractivity contribution in [3.8, 4) is 11.3 Å². The van der Waals surface area contributed by atoms with Gasteiger partial charge in [-0.15, -0.1) is 0 Å². The first-order valence-electron chi connectivity index (χ1n) is 7.92. The molecule has 2 aromatic heterocycles. The Bertz CT molecular complexity index is 1090. The number of hydrogen-bond acceptors (Lipinski definition) is 2. The number of halogens is 2. The molecular weight excluding hydrogens is 353 g/mol. The third-order valence-electron chi connectivity index (χ3n) is 3.99. The van der Waals surface area contributed by atoms with E-state index in [1.807, 2.05) is 24.4 Å². The van der Waals surface area contributed by atoms with Crippen molar-refractivity contribution in [3.63, 3.8) is 0 Å². The molecule has 4 nitrogen and oxygen atoms in total. The van der Waals surface area contributed by atoms with Crippen LogP contribution in [0.3, 0.4) is 0 Å². The van der Waals surface area contributed by atoms with Gasteiger partial charge in [0.15, 0.2) is 0 Å². The van der Waals surface area contributed by atoms with E-state index in [0.29, 0.717) is 33.3 Å². The van der Waals surface area contributed by atoms with Gasteiger partial charge in [0, 0.05) is 22.3 Å². The molecule has 0 bridgehead atoms. The normalized spacial score (nSPS) is 10.8. The first-order valence-corrected chi connectivity index (χ1v) is 8.29. The second kappa shape index (κ2) is 6.61. The molecule has 2 aromatic carbocycles. The number of imidazole rings is 1. The van der Waals surface area contributed by atoms with Crippen molar-refractivity contribution in [3.05, 3.63) is 89.3 Å². The maximum absolute atomic E-state index is 13.3. The predicted molar refractivity (Wildman–Crippen MR) is 100.0 cm³/mol. The van der Waals surface area contributed by atoms with E-state index in [2.05, 4.69) is 10.3 Å². The molecule has 4 rings (SSSR count). The fourth-order valence-corrected chi connectivity index (χ4v) is 2.83. The zero-order valence-electron chi connectivity index (χ0n) is 13.5. The van der Waals surface area contributed by atoms with E-state index in [-0.39, 0.29) is 11.7 Å². The highest BCUT2D eigenvalue weighted by atomic mass is 35.5. The first kappa shape index (κ1) is 16.3. The Morgan fingerprint density at radius 1 is 1.00 bits per heavy atom. The molecular formula is C20H13ClFN3O. The Hall–Kier alpha value is -3.18. The minimum atomic E-state index is -0.329. The Balaban J connectivity index is 1.79. The summed E-state index contributed by atoms with van der Waals surface area (Å²) in [6, 6.07) is 18.2. The zero-order chi connectivity index (χ0) is 18.1. The molecule has 0 fully saturated rings. The monoisotopic (exact) mass is 365 g/mol. The van der Waals surface area contributed by atoms with E-state index in [1.165, 1.54) is 12.1 Å². The van der Waals surface area contributed by atoms with E-state index in [0.717, 1.165) is 0 Å². The van der Waals surface area contributed by atoms with E-state index >= 15 is 0 Å². The van der Waals surface area contributed by atoms with Gasteiger partial charge in [-0.1, -0.05) is 17.7 Å². The van der Waals surface area contributed by atoms with Gasteiger partial charge in [-0.25, -0.2) is 9.37 Å². The van der Waals surface area contributed by atoms with Crippen LogP contribution in [-0.4, -0.2) is 15.3 Å². The minimum absolute atomic E-state index is 0.282. The van der Waals surface area contributed by atoms with E-state index < -0.39 is 0 Å². The van der Waals surface area contributed by atoms with Crippen LogP contribution >= 0.6 is 11.6 Å². The molecule has 0 saturated heterocycles. The molecule has 0 aliphatic carbocycles. The van der Waals surface area contributed by atoms with Gasteiger partial charge in [-0.3, -0.25) is 9.20 Å². The Kier molecular flexibility index (Phi) is 4.14. The summed E-state index contributed by atoms with van der Waals surface area (Å²) in [7, 11) is 0. The molecule has 4 aromatic rings. The number of hydrogen-bond donors (Lipinski definition) is 1. The molecule has 1 amide bonds. The Morgan fingerprint density at radius 3 is 2.46 bits per heavy atom. The third kappa shape index (κ3) is 3.05. The standard InChI is InChI=1S/C20H13ClFN3O/c21-15-8-4-14(5-9-15)20(26)24-19-18(13-6-10-16(22)11-7-13)23-17-3-1-2-12-25(17)19/h1-12H,(H,24,26). The number of carbonyl (C=O) groups excluding carboxylic acids is 1. The molecule has 6 heteroatoms. The highest BCUT2D eigenvalue weighted by molar-refractivity contribution is 6.30. The fourth-order valence-electron chi connectivity index (χ4n) is 2.71. The molecule has 0 atom stereocenters. The van der Waals surface area contributed by atoms with Crippen molar-refractivity contribution in [1.29, 1.82) is 0 Å². The van der Waals surface area contributed by atoms with Gasteiger partial charge in [-0.2, -0.15) is 0 Å². The van der Waals surface area contributed by atoms with Crippen LogP contribution < -0.4 is 5.32 Å². The van der Waals surface area contributed by atoms with Crippen LogP contribution in [0, 0.1) is 5.82 Å². The van der Waals surface area contributed by atoms with Crippen LogP contribution in [0.2, 0.25) is 5.02 Å². The van der Waals surface area contributed by atoms with Crippen molar-refractivity contribution < 1.29 is 9.18 Å². The SMILES string of the molecule is O=C(Nc1c(-c2ccc(F)cc2)nc2ccccn12)c1ccc(Cl)cc1. The van der Waals surface area contributed by atoms with E-state index in [4.69, 9.17) is 11.6 Å². The summed E-state index contributed by atoms with van der Waals surface area (Å²) < 4.78 is 15.0. The quantitative estimate of drug-likeness (QED) is 0.552. The van der Waals surface area contributed by atoms with Crippen molar-refractivity contribution in [2.45, 2.75) is 0 Å². The third-order valence-corrected chi connectivity index (χ3v) is 4.24. The number of nitrogens with one attached hydrogen (secondary N) is 1. The molecule has 128 valence electrons. The lowest BCUT2D eigenvalue weighted by atomic mass is 10.1. The lowest BCUT2D eigenvalue weighted by Gasteiger charge is -2.08. The maximum atomic E-state index is 13.3. The summed E-state index contributed by atoms with van der Waals surface area (Å²) in [5, 5.41) is 3.47. The topological polar surface area (TPSA) is 46.4 Å². The van der Waals surface area contributed by atoms with Gasteiger partial charge in [0.1, 0.15) is 23.0 Å². The van der Waals surface area contributed by atoms with E-state index in [1.54, 1.807) is 40.8 Å². The molecule has 0 radical (unpaired) electrons. The molecule has 0 saturated carbocycles. The number of fused-ring (bicyclic) bond motifs is 1. The highest BCUT2D eigenvalue weighted by Gasteiger charge is 2.17. The van der Waals surface area contributed by atoms with Crippen molar-refractivity contribution >= 4 is 29.0 Å². The fraction of sp³-hybridized carbons (Fsp3) is 0. The molecule has 2 heterocycles. The summed E-state index contributed by atoms with van der Waals surface area (Å²) in [4.78, 5) is 17.2. The molecule has 26 heavy (non-hydrogen) atoms. The molecule has 0 spiro atoms. The van der Waals surface area contributed by atoms with Crippen LogP contribution in [0.25, 0.3) is 16.9 Å². The van der Waals surface area contributed by atoms with Crippen LogP contribution in [0.5, 0.6) is 0 Å². The largest absolute Gasteiger partial charge is 0.306 e. The van der Waals surface area contributed by atoms with Gasteiger partial charge in [-0.05, 0) is 60.7 Å². The van der Waals surface area contributed by atoms with E-state index in [9.17, 15) is 9.18 Å². The average Bonchev–Trinajstić information content (AvgIpc) is 3.01. The van der Waals surface area contributed by atoms with Crippen molar-refractivity contribution in [2.24, 2.45) is 0 Å². The number of carbonyl (C=O) groups is 1. The summed E-state index contributed by atoms with van der Waals surface area (Å²) in [6.45, 7) is 0. The smallest absolute Gasteiger partial charge is 0.256 e. The van der Waals surface area contributed by atoms with Crippen LogP contribution in [0.1, 0.15) is 10.4 Å². The maximum Gasteiger partial charge on any atom is 0.256 e. The predicted octanol–water partition coefficient (Wildman–Crippen LogP) is 5.05. The van der Waals surface area contributed by atoms with Crippen LogP contribution in [0.15, 0.2) is 72.9 Å². The van der Waals surface area contributed by atoms with Crippen LogP contribution in [-0.2, 0) is 0 Å². The average molecular weight is 366 g/mol. The first-order chi connectivity index (χ1) is 12.6. The Labute approximate surface area is 153 Å². The number of amides is 1. The number of benzene rings is 2. The number of nitrogens with zero attached hydrogens (tertiary/aromatic N) is 2. The minimum Gasteiger partial charge on any atom is -0.306 e. The second-order valence-corrected chi connectivity index (χ2v) is 6.14. The second-order valence-electron chi connectivity index (χ2n) is 5.71. The molecule has 1 N–H and O–H groups in total. The summed E-state index contributed by atoms with van der Waals surface area (Å²) in [5.74, 6) is -0.0906. The lowest BCUT2D eigenvalue weighted by Crippen LogP contribution is -2.14. The number of pyridine rings is 1. The Morgan fingerprint density at radius 2 is 1.73 bits per heavy atom. The van der Waals surface area contributed by atoms with Crippen LogP contribution in [0.4, 0.5) is 10.2 Å². The number of rotatable bonds is 3. The molecule has 0 aliphatic rings. The van der Waals surface area contributed by atoms with Gasteiger partial charge in [0.05, 0.1) is 0 Å². The zero-order valence-corrected chi connectivity index (χ0v) is 14.2. The summed E-state index contributed by atoms with van der Waals surface area (Å²) in [5.41, 5.74) is 2.43. The lowest BCUT2D eigenvalue weighted by molar-refractivity contribution is 0.102. The summed E-state index contributed by atoms with van der Waals surface area (Å²) in [6.07, 6.45) is 1.81. The van der Waals surface area contributed by atoms with Gasteiger partial charge >= 0.3 is 0 Å². The summed E-state index contributed by atoms with van der Waals surface area (Å²) >= 11 is 5.88. The number of anilines is 1. The van der Waals surface area contributed by atoms with Gasteiger partial charge in [0.2, 0.25) is 0 Å². The molecule has 0 aliphatic heterocycles. The number of aromatic nitrogens is 2. The van der Waals surface area contributed by atoms with Gasteiger partial charge in [0.25, 0.3) is 5.91 Å².